The third kappa shape index (κ3) is 2.98. The molecule has 0 spiro atoms. The van der Waals surface area contributed by atoms with Gasteiger partial charge in [0, 0.05) is 0 Å². The van der Waals surface area contributed by atoms with E-state index in [1.165, 1.54) is 18.2 Å². The molecule has 0 aromatic heterocycles. The smallest absolute Gasteiger partial charge is 1.00 e. The van der Waals surface area contributed by atoms with Crippen molar-refractivity contribution in [2.45, 2.75) is 6.18 Å². The summed E-state index contributed by atoms with van der Waals surface area (Å²) in [6, 6.07) is 4.92. The van der Waals surface area contributed by atoms with Crippen LogP contribution in [0.15, 0.2) is 24.3 Å². The number of halogens is 4. The van der Waals surface area contributed by atoms with Gasteiger partial charge < -0.3 is 1.43 Å². The van der Waals surface area contributed by atoms with E-state index in [0.29, 0.717) is 0 Å². The van der Waals surface area contributed by atoms with E-state index in [1.54, 1.807) is 0 Å². The maximum Gasteiger partial charge on any atom is 1.00 e. The van der Waals surface area contributed by atoms with Gasteiger partial charge in [0.05, 0.1) is 10.6 Å². The third-order valence-corrected chi connectivity index (χ3v) is 1.51. The van der Waals surface area contributed by atoms with Crippen molar-refractivity contribution in [1.82, 2.24) is 0 Å². The number of hydrogen-bond donors (Lipinski definition) is 0. The van der Waals surface area contributed by atoms with Crippen molar-refractivity contribution in [3.8, 4) is 0 Å². The molecular formula is C7H5ClF3Na. The SMILES string of the molecule is FC(F)(F)c1ccccc1Cl.[H-].[Na+]. The molecule has 0 amide bonds. The Morgan fingerprint density at radius 1 is 1.17 bits per heavy atom. The van der Waals surface area contributed by atoms with Gasteiger partial charge in [-0.3, -0.25) is 0 Å². The number of alkyl halides is 3. The van der Waals surface area contributed by atoms with Crippen LogP contribution in [0.1, 0.15) is 6.99 Å². The first-order valence-corrected chi connectivity index (χ1v) is 3.21. The monoisotopic (exact) mass is 204 g/mol. The van der Waals surface area contributed by atoms with Crippen LogP contribution < -0.4 is 29.6 Å². The van der Waals surface area contributed by atoms with E-state index >= 15 is 0 Å². The predicted octanol–water partition coefficient (Wildman–Crippen LogP) is 0.475. The standard InChI is InChI=1S/C7H4ClF3.Na.H/c8-6-4-2-1-3-5(6)7(9,10)11;;/h1-4H;;/q;+1;-1. The van der Waals surface area contributed by atoms with Crippen LogP contribution in [-0.2, 0) is 6.18 Å². The molecule has 0 N–H and O–H groups in total. The second-order valence-corrected chi connectivity index (χ2v) is 2.38. The van der Waals surface area contributed by atoms with Crippen LogP contribution in [0.25, 0.3) is 0 Å². The van der Waals surface area contributed by atoms with Crippen LogP contribution in [0, 0.1) is 0 Å². The Morgan fingerprint density at radius 2 is 1.67 bits per heavy atom. The van der Waals surface area contributed by atoms with E-state index in [0.717, 1.165) is 6.07 Å². The van der Waals surface area contributed by atoms with Crippen molar-refractivity contribution >= 4 is 11.6 Å². The second kappa shape index (κ2) is 4.51. The molecule has 0 aliphatic heterocycles. The van der Waals surface area contributed by atoms with Crippen molar-refractivity contribution in [2.75, 3.05) is 0 Å². The van der Waals surface area contributed by atoms with Gasteiger partial charge in [-0.2, -0.15) is 13.2 Å². The minimum Gasteiger partial charge on any atom is -1.00 e. The fourth-order valence-electron chi connectivity index (χ4n) is 0.691. The maximum atomic E-state index is 12.0. The van der Waals surface area contributed by atoms with Gasteiger partial charge in [-0.1, -0.05) is 23.7 Å². The zero-order valence-corrected chi connectivity index (χ0v) is 9.08. The molecule has 0 atom stereocenters. The Bertz CT molecular complexity index is 264. The predicted molar refractivity (Wildman–Crippen MR) is 37.6 cm³/mol. The number of rotatable bonds is 0. The Balaban J connectivity index is 0. The fraction of sp³-hybridized carbons (Fsp3) is 0.143. The van der Waals surface area contributed by atoms with Gasteiger partial charge in [-0.25, -0.2) is 0 Å². The van der Waals surface area contributed by atoms with Crippen LogP contribution in [-0.4, -0.2) is 0 Å². The van der Waals surface area contributed by atoms with Crippen molar-refractivity contribution in [1.29, 1.82) is 0 Å². The number of benzene rings is 1. The molecule has 1 aromatic carbocycles. The Labute approximate surface area is 96.5 Å². The molecule has 0 saturated heterocycles. The molecule has 62 valence electrons. The summed E-state index contributed by atoms with van der Waals surface area (Å²) in [5.74, 6) is 0. The summed E-state index contributed by atoms with van der Waals surface area (Å²) in [5.41, 5.74) is -0.790. The molecule has 0 aliphatic carbocycles. The first-order valence-electron chi connectivity index (χ1n) is 2.83. The van der Waals surface area contributed by atoms with Gasteiger partial charge in [0.15, 0.2) is 0 Å². The Kier molecular flexibility index (Phi) is 4.62. The van der Waals surface area contributed by atoms with Crippen LogP contribution in [0.5, 0.6) is 0 Å². The van der Waals surface area contributed by atoms with Gasteiger partial charge in [0.2, 0.25) is 0 Å². The Hall–Kier alpha value is 0.300. The summed E-state index contributed by atoms with van der Waals surface area (Å²) in [6.45, 7) is 0. The zero-order chi connectivity index (χ0) is 8.48. The molecule has 0 bridgehead atoms. The molecule has 0 unspecified atom stereocenters. The van der Waals surface area contributed by atoms with E-state index in [9.17, 15) is 13.2 Å². The molecule has 5 heteroatoms. The molecule has 0 fully saturated rings. The first kappa shape index (κ1) is 12.3. The molecule has 1 rings (SSSR count). The maximum absolute atomic E-state index is 12.0. The average molecular weight is 205 g/mol. The molecule has 0 heterocycles. The zero-order valence-electron chi connectivity index (χ0n) is 7.32. The van der Waals surface area contributed by atoms with E-state index in [4.69, 9.17) is 11.6 Å². The Morgan fingerprint density at radius 3 is 2.00 bits per heavy atom. The molecule has 0 radical (unpaired) electrons. The summed E-state index contributed by atoms with van der Waals surface area (Å²) in [6.07, 6.45) is -4.35. The van der Waals surface area contributed by atoms with Crippen molar-refractivity contribution in [2.24, 2.45) is 0 Å². The van der Waals surface area contributed by atoms with Crippen LogP contribution in [0.4, 0.5) is 13.2 Å². The summed E-state index contributed by atoms with van der Waals surface area (Å²) in [5, 5.41) is -0.264. The quantitative estimate of drug-likeness (QED) is 0.539. The summed E-state index contributed by atoms with van der Waals surface area (Å²) < 4.78 is 35.9. The van der Waals surface area contributed by atoms with Gasteiger partial charge in [-0.05, 0) is 12.1 Å². The van der Waals surface area contributed by atoms with E-state index in [2.05, 4.69) is 0 Å². The molecule has 12 heavy (non-hydrogen) atoms. The summed E-state index contributed by atoms with van der Waals surface area (Å²) in [4.78, 5) is 0. The van der Waals surface area contributed by atoms with Gasteiger partial charge in [0.1, 0.15) is 0 Å². The van der Waals surface area contributed by atoms with Crippen LogP contribution >= 0.6 is 11.6 Å². The van der Waals surface area contributed by atoms with Gasteiger partial charge >= 0.3 is 35.7 Å². The van der Waals surface area contributed by atoms with E-state index < -0.39 is 11.7 Å². The molecule has 0 aliphatic rings. The summed E-state index contributed by atoms with van der Waals surface area (Å²) >= 11 is 5.29. The van der Waals surface area contributed by atoms with Crippen LogP contribution in [0.3, 0.4) is 0 Å². The first-order chi connectivity index (χ1) is 5.02. The van der Waals surface area contributed by atoms with Crippen molar-refractivity contribution in [3.63, 3.8) is 0 Å². The van der Waals surface area contributed by atoms with E-state index in [-0.39, 0.29) is 36.0 Å². The topological polar surface area (TPSA) is 0 Å². The largest absolute Gasteiger partial charge is 1.00 e. The molecule has 0 saturated carbocycles. The van der Waals surface area contributed by atoms with Crippen LogP contribution in [0.2, 0.25) is 5.02 Å². The minimum atomic E-state index is -4.35. The van der Waals surface area contributed by atoms with Crippen molar-refractivity contribution < 1.29 is 44.2 Å². The fourth-order valence-corrected chi connectivity index (χ4v) is 0.934. The van der Waals surface area contributed by atoms with Crippen molar-refractivity contribution in [3.05, 3.63) is 34.9 Å². The van der Waals surface area contributed by atoms with Gasteiger partial charge in [-0.15, -0.1) is 0 Å². The minimum absolute atomic E-state index is 0. The molecule has 0 nitrogen and oxygen atoms in total. The third-order valence-electron chi connectivity index (χ3n) is 1.18. The average Bonchev–Trinajstić information content (AvgIpc) is 1.86. The van der Waals surface area contributed by atoms with Gasteiger partial charge in [0.25, 0.3) is 0 Å². The van der Waals surface area contributed by atoms with E-state index in [1.807, 2.05) is 0 Å². The normalized spacial score (nSPS) is 10.7. The molecule has 1 aromatic rings. The second-order valence-electron chi connectivity index (χ2n) is 1.98. The molecular weight excluding hydrogens is 200 g/mol. The number of hydrogen-bond acceptors (Lipinski definition) is 0. The summed E-state index contributed by atoms with van der Waals surface area (Å²) in [7, 11) is 0.